The zero-order chi connectivity index (χ0) is 12.5. The van der Waals surface area contributed by atoms with E-state index in [4.69, 9.17) is 0 Å². The summed E-state index contributed by atoms with van der Waals surface area (Å²) in [7, 11) is 2.14. The molecule has 17 heavy (non-hydrogen) atoms. The van der Waals surface area contributed by atoms with Crippen LogP contribution in [0, 0.1) is 0 Å². The van der Waals surface area contributed by atoms with Crippen molar-refractivity contribution in [3.8, 4) is 0 Å². The lowest BCUT2D eigenvalue weighted by atomic mass is 10.0. The van der Waals surface area contributed by atoms with Crippen LogP contribution < -0.4 is 10.2 Å². The number of thiazole rings is 1. The normalized spacial score (nSPS) is 16.2. The molecule has 0 aromatic carbocycles. The Morgan fingerprint density at radius 1 is 1.53 bits per heavy atom. The standard InChI is InChI=1S/C13H23N3S/c1-5-13(2,3)16(4)12-15-9-11(17-12)8-14-10-6-7-10/h9-10,14H,5-8H2,1-4H3. The van der Waals surface area contributed by atoms with Crippen LogP contribution in [0.15, 0.2) is 6.20 Å². The summed E-state index contributed by atoms with van der Waals surface area (Å²) in [5.41, 5.74) is 0.180. The van der Waals surface area contributed by atoms with Gasteiger partial charge in [0.15, 0.2) is 5.13 Å². The highest BCUT2D eigenvalue weighted by Gasteiger charge is 2.24. The van der Waals surface area contributed by atoms with Crippen molar-refractivity contribution >= 4 is 16.5 Å². The maximum absolute atomic E-state index is 4.53. The van der Waals surface area contributed by atoms with Crippen LogP contribution in [-0.2, 0) is 6.54 Å². The molecule has 1 aromatic heterocycles. The molecule has 2 rings (SSSR count). The first-order valence-electron chi connectivity index (χ1n) is 6.45. The summed E-state index contributed by atoms with van der Waals surface area (Å²) in [5.74, 6) is 0. The molecule has 0 unspecified atom stereocenters. The zero-order valence-corrected chi connectivity index (χ0v) is 12.1. The van der Waals surface area contributed by atoms with E-state index in [1.165, 1.54) is 17.7 Å². The van der Waals surface area contributed by atoms with Gasteiger partial charge in [-0.2, -0.15) is 0 Å². The number of anilines is 1. The lowest BCUT2D eigenvalue weighted by Gasteiger charge is -2.34. The molecule has 1 aromatic rings. The van der Waals surface area contributed by atoms with E-state index in [0.717, 1.165) is 24.1 Å². The van der Waals surface area contributed by atoms with E-state index in [9.17, 15) is 0 Å². The Morgan fingerprint density at radius 3 is 2.82 bits per heavy atom. The fraction of sp³-hybridized carbons (Fsp3) is 0.769. The van der Waals surface area contributed by atoms with Crippen LogP contribution in [0.2, 0.25) is 0 Å². The van der Waals surface area contributed by atoms with Gasteiger partial charge in [-0.15, -0.1) is 11.3 Å². The highest BCUT2D eigenvalue weighted by molar-refractivity contribution is 7.15. The Morgan fingerprint density at radius 2 is 2.24 bits per heavy atom. The summed E-state index contributed by atoms with van der Waals surface area (Å²) >= 11 is 1.81. The highest BCUT2D eigenvalue weighted by Crippen LogP contribution is 2.29. The summed E-state index contributed by atoms with van der Waals surface area (Å²) in [4.78, 5) is 8.16. The van der Waals surface area contributed by atoms with Gasteiger partial charge in [0.05, 0.1) is 0 Å². The minimum Gasteiger partial charge on any atom is -0.346 e. The maximum atomic E-state index is 4.53. The summed E-state index contributed by atoms with van der Waals surface area (Å²) in [5, 5.41) is 4.66. The molecule has 3 nitrogen and oxygen atoms in total. The topological polar surface area (TPSA) is 28.2 Å². The molecule has 0 aliphatic heterocycles. The molecule has 1 saturated carbocycles. The average molecular weight is 253 g/mol. The molecule has 1 aliphatic carbocycles. The van der Waals surface area contributed by atoms with Crippen LogP contribution in [0.3, 0.4) is 0 Å². The molecule has 4 heteroatoms. The fourth-order valence-electron chi connectivity index (χ4n) is 1.56. The summed E-state index contributed by atoms with van der Waals surface area (Å²) < 4.78 is 0. The predicted octanol–water partition coefficient (Wildman–Crippen LogP) is 3.02. The van der Waals surface area contributed by atoms with Crippen molar-refractivity contribution in [2.75, 3.05) is 11.9 Å². The summed E-state index contributed by atoms with van der Waals surface area (Å²) in [6.45, 7) is 7.72. The lowest BCUT2D eigenvalue weighted by Crippen LogP contribution is -2.40. The SMILES string of the molecule is CCC(C)(C)N(C)c1ncc(CNC2CC2)s1. The van der Waals surface area contributed by atoms with Crippen molar-refractivity contribution in [1.82, 2.24) is 10.3 Å². The van der Waals surface area contributed by atoms with Gasteiger partial charge in [0, 0.05) is 36.2 Å². The van der Waals surface area contributed by atoms with E-state index in [1.807, 2.05) is 6.20 Å². The molecule has 1 heterocycles. The number of hydrogen-bond donors (Lipinski definition) is 1. The monoisotopic (exact) mass is 253 g/mol. The van der Waals surface area contributed by atoms with Crippen LogP contribution in [0.1, 0.15) is 44.9 Å². The predicted molar refractivity (Wildman–Crippen MR) is 74.7 cm³/mol. The maximum Gasteiger partial charge on any atom is 0.185 e. The zero-order valence-electron chi connectivity index (χ0n) is 11.3. The van der Waals surface area contributed by atoms with Gasteiger partial charge in [-0.1, -0.05) is 6.92 Å². The number of nitrogens with zero attached hydrogens (tertiary/aromatic N) is 2. The van der Waals surface area contributed by atoms with E-state index < -0.39 is 0 Å². The first-order valence-corrected chi connectivity index (χ1v) is 7.26. The summed E-state index contributed by atoms with van der Waals surface area (Å²) in [6, 6.07) is 0.769. The third-order valence-electron chi connectivity index (χ3n) is 3.74. The molecule has 0 radical (unpaired) electrons. The molecule has 96 valence electrons. The fourth-order valence-corrected chi connectivity index (χ4v) is 2.55. The minimum absolute atomic E-state index is 0.180. The largest absolute Gasteiger partial charge is 0.346 e. The van der Waals surface area contributed by atoms with Gasteiger partial charge in [0.2, 0.25) is 0 Å². The third kappa shape index (κ3) is 3.19. The van der Waals surface area contributed by atoms with Crippen molar-refractivity contribution in [2.24, 2.45) is 0 Å². The quantitative estimate of drug-likeness (QED) is 0.844. The third-order valence-corrected chi connectivity index (χ3v) is 4.82. The van der Waals surface area contributed by atoms with Gasteiger partial charge in [-0.05, 0) is 33.1 Å². The van der Waals surface area contributed by atoms with Crippen molar-refractivity contribution in [3.63, 3.8) is 0 Å². The number of rotatable bonds is 6. The molecular weight excluding hydrogens is 230 g/mol. The van der Waals surface area contributed by atoms with E-state index in [-0.39, 0.29) is 5.54 Å². The minimum atomic E-state index is 0.180. The number of nitrogens with one attached hydrogen (secondary N) is 1. The van der Waals surface area contributed by atoms with Crippen LogP contribution in [-0.4, -0.2) is 23.6 Å². The van der Waals surface area contributed by atoms with Gasteiger partial charge < -0.3 is 10.2 Å². The van der Waals surface area contributed by atoms with Crippen molar-refractivity contribution in [1.29, 1.82) is 0 Å². The molecule has 0 spiro atoms. The molecule has 1 aliphatic rings. The second-order valence-corrected chi connectivity index (χ2v) is 6.58. The first-order chi connectivity index (χ1) is 8.03. The Labute approximate surface area is 108 Å². The molecule has 1 fully saturated rings. The highest BCUT2D eigenvalue weighted by atomic mass is 32.1. The summed E-state index contributed by atoms with van der Waals surface area (Å²) in [6.07, 6.45) is 5.82. The van der Waals surface area contributed by atoms with Gasteiger partial charge >= 0.3 is 0 Å². The average Bonchev–Trinajstić information content (AvgIpc) is 3.03. The molecule has 1 N–H and O–H groups in total. The van der Waals surface area contributed by atoms with E-state index >= 15 is 0 Å². The van der Waals surface area contributed by atoms with Gasteiger partial charge in [-0.3, -0.25) is 0 Å². The van der Waals surface area contributed by atoms with E-state index in [1.54, 1.807) is 11.3 Å². The molecule has 0 saturated heterocycles. The van der Waals surface area contributed by atoms with E-state index in [2.05, 4.69) is 43.0 Å². The smallest absolute Gasteiger partial charge is 0.185 e. The van der Waals surface area contributed by atoms with Gasteiger partial charge in [0.1, 0.15) is 0 Å². The van der Waals surface area contributed by atoms with E-state index in [0.29, 0.717) is 0 Å². The van der Waals surface area contributed by atoms with Gasteiger partial charge in [0.25, 0.3) is 0 Å². The number of aromatic nitrogens is 1. The van der Waals surface area contributed by atoms with Crippen molar-refractivity contribution in [2.45, 2.75) is 58.2 Å². The molecule has 0 amide bonds. The molecular formula is C13H23N3S. The van der Waals surface area contributed by atoms with Crippen LogP contribution in [0.4, 0.5) is 5.13 Å². The Balaban J connectivity index is 1.96. The Kier molecular flexibility index (Phi) is 3.73. The van der Waals surface area contributed by atoms with Crippen LogP contribution in [0.5, 0.6) is 0 Å². The lowest BCUT2D eigenvalue weighted by molar-refractivity contribution is 0.470. The van der Waals surface area contributed by atoms with Crippen LogP contribution >= 0.6 is 11.3 Å². The second kappa shape index (κ2) is 4.94. The Hall–Kier alpha value is -0.610. The number of hydrogen-bond acceptors (Lipinski definition) is 4. The van der Waals surface area contributed by atoms with Crippen LogP contribution in [0.25, 0.3) is 0 Å². The van der Waals surface area contributed by atoms with Gasteiger partial charge in [-0.25, -0.2) is 4.98 Å². The molecule has 0 atom stereocenters. The molecule has 0 bridgehead atoms. The van der Waals surface area contributed by atoms with Crippen molar-refractivity contribution in [3.05, 3.63) is 11.1 Å². The second-order valence-electron chi connectivity index (χ2n) is 5.49. The first kappa shape index (κ1) is 12.8. The van der Waals surface area contributed by atoms with Crippen molar-refractivity contribution < 1.29 is 0 Å². The Bertz CT molecular complexity index is 368.